The van der Waals surface area contributed by atoms with Gasteiger partial charge in [-0.15, -0.1) is 11.8 Å². The Morgan fingerprint density at radius 3 is 2.53 bits per heavy atom. The van der Waals surface area contributed by atoms with Gasteiger partial charge in [0.2, 0.25) is 0 Å². The van der Waals surface area contributed by atoms with Gasteiger partial charge in [0.1, 0.15) is 0 Å². The molecule has 0 aliphatic carbocycles. The van der Waals surface area contributed by atoms with Gasteiger partial charge in [-0.3, -0.25) is 4.90 Å². The summed E-state index contributed by atoms with van der Waals surface area (Å²) in [4.78, 5) is 2.34. The van der Waals surface area contributed by atoms with Gasteiger partial charge in [-0.25, -0.2) is 0 Å². The van der Waals surface area contributed by atoms with Crippen molar-refractivity contribution < 1.29 is 9.84 Å². The first kappa shape index (κ1) is 10.9. The molecule has 3 heteroatoms. The zero-order valence-electron chi connectivity index (χ0n) is 9.49. The molecule has 2 atom stereocenters. The average Bonchev–Trinajstić information content (AvgIpc) is 2.18. The Bertz CT molecular complexity index is 278. The molecule has 0 aromatic rings. The maximum Gasteiger partial charge on any atom is 0.0788 e. The van der Waals surface area contributed by atoms with Gasteiger partial charge in [0.25, 0.3) is 0 Å². The number of hydrogen-bond acceptors (Lipinski definition) is 3. The average molecular weight is 209 g/mol. The number of rotatable bonds is 1. The number of fused-ring (bicyclic) bond motifs is 2. The Balaban J connectivity index is 2.07. The van der Waals surface area contributed by atoms with E-state index in [9.17, 15) is 5.11 Å². The number of aliphatic hydroxyl groups is 1. The minimum atomic E-state index is -0.589. The second-order valence-electron chi connectivity index (χ2n) is 4.75. The standard InChI is InChI=1S/C12H19NO2/c1-3-4-5-12(14)6-10-8-15-9-11(7-12)13(10)2/h10-11,14H,5-9H2,1-2H3. The zero-order valence-corrected chi connectivity index (χ0v) is 9.49. The van der Waals surface area contributed by atoms with Crippen LogP contribution in [-0.2, 0) is 4.74 Å². The summed E-state index contributed by atoms with van der Waals surface area (Å²) in [6.07, 6.45) is 2.17. The molecule has 1 N–H and O–H groups in total. The van der Waals surface area contributed by atoms with Crippen molar-refractivity contribution in [1.82, 2.24) is 4.90 Å². The molecule has 0 radical (unpaired) electrons. The fourth-order valence-corrected chi connectivity index (χ4v) is 2.64. The van der Waals surface area contributed by atoms with Crippen molar-refractivity contribution in [2.75, 3.05) is 20.3 Å². The SMILES string of the molecule is CC#CCC1(O)CC2COCC(C1)N2C. The van der Waals surface area contributed by atoms with Crippen LogP contribution in [0.25, 0.3) is 0 Å². The van der Waals surface area contributed by atoms with Crippen LogP contribution in [0.15, 0.2) is 0 Å². The van der Waals surface area contributed by atoms with E-state index in [4.69, 9.17) is 4.74 Å². The molecule has 84 valence electrons. The molecule has 2 fully saturated rings. The smallest absolute Gasteiger partial charge is 0.0788 e. The molecule has 0 saturated carbocycles. The first-order valence-electron chi connectivity index (χ1n) is 5.56. The lowest BCUT2D eigenvalue weighted by Crippen LogP contribution is -2.60. The molecule has 2 aliphatic rings. The molecule has 3 nitrogen and oxygen atoms in total. The number of likely N-dealkylation sites (N-methyl/N-ethyl adjacent to an activating group) is 1. The van der Waals surface area contributed by atoms with Crippen LogP contribution in [-0.4, -0.2) is 48.0 Å². The number of ether oxygens (including phenoxy) is 1. The fraction of sp³-hybridized carbons (Fsp3) is 0.833. The van der Waals surface area contributed by atoms with Gasteiger partial charge in [-0.2, -0.15) is 0 Å². The normalized spacial score (nSPS) is 40.7. The molecule has 0 spiro atoms. The van der Waals surface area contributed by atoms with Gasteiger partial charge < -0.3 is 9.84 Å². The molecule has 2 heterocycles. The van der Waals surface area contributed by atoms with E-state index < -0.39 is 5.60 Å². The molecule has 2 saturated heterocycles. The Morgan fingerprint density at radius 2 is 2.00 bits per heavy atom. The van der Waals surface area contributed by atoms with Crippen LogP contribution in [0.5, 0.6) is 0 Å². The van der Waals surface area contributed by atoms with Crippen LogP contribution >= 0.6 is 0 Å². The minimum absolute atomic E-state index is 0.362. The van der Waals surface area contributed by atoms with Gasteiger partial charge >= 0.3 is 0 Å². The van der Waals surface area contributed by atoms with Crippen molar-refractivity contribution in [3.63, 3.8) is 0 Å². The number of hydrogen-bond donors (Lipinski definition) is 1. The van der Waals surface area contributed by atoms with E-state index >= 15 is 0 Å². The summed E-state index contributed by atoms with van der Waals surface area (Å²) in [6.45, 7) is 3.31. The molecular weight excluding hydrogens is 190 g/mol. The maximum absolute atomic E-state index is 10.4. The maximum atomic E-state index is 10.4. The number of piperidine rings is 1. The van der Waals surface area contributed by atoms with E-state index in [2.05, 4.69) is 23.8 Å². The summed E-state index contributed by atoms with van der Waals surface area (Å²) in [5.41, 5.74) is -0.589. The van der Waals surface area contributed by atoms with Crippen LogP contribution in [0.4, 0.5) is 0 Å². The molecule has 0 aromatic heterocycles. The molecule has 15 heavy (non-hydrogen) atoms. The predicted molar refractivity (Wildman–Crippen MR) is 58.4 cm³/mol. The Hall–Kier alpha value is -0.560. The van der Waals surface area contributed by atoms with Gasteiger partial charge in [0.15, 0.2) is 0 Å². The van der Waals surface area contributed by atoms with Crippen molar-refractivity contribution >= 4 is 0 Å². The van der Waals surface area contributed by atoms with Gasteiger partial charge in [0, 0.05) is 18.5 Å². The van der Waals surface area contributed by atoms with Crippen molar-refractivity contribution in [3.05, 3.63) is 0 Å². The van der Waals surface area contributed by atoms with E-state index in [0.29, 0.717) is 18.5 Å². The molecule has 2 unspecified atom stereocenters. The second kappa shape index (κ2) is 4.13. The molecule has 0 aromatic carbocycles. The van der Waals surface area contributed by atoms with Gasteiger partial charge in [0.05, 0.1) is 18.8 Å². The summed E-state index contributed by atoms with van der Waals surface area (Å²) in [5, 5.41) is 10.4. The van der Waals surface area contributed by atoms with E-state index in [0.717, 1.165) is 26.1 Å². The molecule has 2 rings (SSSR count). The van der Waals surface area contributed by atoms with Crippen molar-refractivity contribution in [2.45, 2.75) is 43.9 Å². The molecule has 2 bridgehead atoms. The Labute approximate surface area is 91.4 Å². The topological polar surface area (TPSA) is 32.7 Å². The van der Waals surface area contributed by atoms with E-state index in [1.54, 1.807) is 0 Å². The highest BCUT2D eigenvalue weighted by Crippen LogP contribution is 2.35. The summed E-state index contributed by atoms with van der Waals surface area (Å²) in [7, 11) is 2.13. The summed E-state index contributed by atoms with van der Waals surface area (Å²) in [5.74, 6) is 5.87. The summed E-state index contributed by atoms with van der Waals surface area (Å²) < 4.78 is 5.52. The van der Waals surface area contributed by atoms with Crippen molar-refractivity contribution in [1.29, 1.82) is 0 Å². The summed E-state index contributed by atoms with van der Waals surface area (Å²) in [6, 6.07) is 0.724. The van der Waals surface area contributed by atoms with Crippen LogP contribution in [0.2, 0.25) is 0 Å². The van der Waals surface area contributed by atoms with E-state index in [-0.39, 0.29) is 0 Å². The number of nitrogens with zero attached hydrogens (tertiary/aromatic N) is 1. The third-order valence-corrected chi connectivity index (χ3v) is 3.60. The minimum Gasteiger partial charge on any atom is -0.389 e. The first-order chi connectivity index (χ1) is 7.14. The van der Waals surface area contributed by atoms with Crippen molar-refractivity contribution in [3.8, 4) is 11.8 Å². The predicted octanol–water partition coefficient (Wildman–Crippen LogP) is 0.624. The summed E-state index contributed by atoms with van der Waals surface area (Å²) >= 11 is 0. The zero-order chi connectivity index (χ0) is 10.9. The number of morpholine rings is 1. The quantitative estimate of drug-likeness (QED) is 0.643. The molecule has 2 aliphatic heterocycles. The molecular formula is C12H19NO2. The lowest BCUT2D eigenvalue weighted by atomic mass is 9.79. The fourth-order valence-electron chi connectivity index (χ4n) is 2.64. The highest BCUT2D eigenvalue weighted by molar-refractivity contribution is 5.06. The van der Waals surface area contributed by atoms with Gasteiger partial charge in [-0.1, -0.05) is 0 Å². The van der Waals surface area contributed by atoms with E-state index in [1.807, 2.05) is 6.92 Å². The lowest BCUT2D eigenvalue weighted by molar-refractivity contribution is -0.132. The van der Waals surface area contributed by atoms with Crippen LogP contribution in [0.1, 0.15) is 26.2 Å². The van der Waals surface area contributed by atoms with Crippen molar-refractivity contribution in [2.24, 2.45) is 0 Å². The third-order valence-electron chi connectivity index (χ3n) is 3.60. The van der Waals surface area contributed by atoms with Crippen LogP contribution in [0, 0.1) is 11.8 Å². The third kappa shape index (κ3) is 2.17. The lowest BCUT2D eigenvalue weighted by Gasteiger charge is -2.49. The highest BCUT2D eigenvalue weighted by atomic mass is 16.5. The second-order valence-corrected chi connectivity index (χ2v) is 4.75. The largest absolute Gasteiger partial charge is 0.389 e. The Kier molecular flexibility index (Phi) is 3.01. The Morgan fingerprint density at radius 1 is 1.40 bits per heavy atom. The van der Waals surface area contributed by atoms with Crippen LogP contribution < -0.4 is 0 Å². The van der Waals surface area contributed by atoms with E-state index in [1.165, 1.54) is 0 Å². The van der Waals surface area contributed by atoms with Crippen LogP contribution in [0.3, 0.4) is 0 Å². The monoisotopic (exact) mass is 209 g/mol. The molecule has 0 amide bonds. The van der Waals surface area contributed by atoms with Gasteiger partial charge in [-0.05, 0) is 26.8 Å². The first-order valence-corrected chi connectivity index (χ1v) is 5.56. The highest BCUT2D eigenvalue weighted by Gasteiger charge is 2.44.